The van der Waals surface area contributed by atoms with Crippen molar-refractivity contribution in [1.29, 1.82) is 0 Å². The summed E-state index contributed by atoms with van der Waals surface area (Å²) < 4.78 is 0. The summed E-state index contributed by atoms with van der Waals surface area (Å²) in [6, 6.07) is 9.43. The first-order valence-electron chi connectivity index (χ1n) is 6.27. The molecule has 0 spiro atoms. The molecule has 1 aliphatic rings. The number of aliphatic hydroxyl groups excluding tert-OH is 1. The van der Waals surface area contributed by atoms with Crippen LogP contribution in [0.25, 0.3) is 0 Å². The molecule has 88 valence electrons. The van der Waals surface area contributed by atoms with Crippen molar-refractivity contribution in [3.63, 3.8) is 0 Å². The summed E-state index contributed by atoms with van der Waals surface area (Å²) >= 11 is 0. The highest BCUT2D eigenvalue weighted by molar-refractivity contribution is 5.50. The smallest absolute Gasteiger partial charge is 0.0434 e. The number of aliphatic hydroxyl groups is 1. The van der Waals surface area contributed by atoms with Crippen molar-refractivity contribution < 1.29 is 5.11 Å². The SMILES string of the molecule is CC1CCCN1c1cccc(CCCO)c1. The monoisotopic (exact) mass is 219 g/mol. The number of hydrogen-bond acceptors (Lipinski definition) is 2. The molecule has 0 radical (unpaired) electrons. The molecular formula is C14H21NO. The molecular weight excluding hydrogens is 198 g/mol. The minimum atomic E-state index is 0.282. The molecule has 1 heterocycles. The summed E-state index contributed by atoms with van der Waals surface area (Å²) in [6.07, 6.45) is 4.45. The van der Waals surface area contributed by atoms with Crippen molar-refractivity contribution in [2.75, 3.05) is 18.1 Å². The summed E-state index contributed by atoms with van der Waals surface area (Å²) in [5.74, 6) is 0. The van der Waals surface area contributed by atoms with Gasteiger partial charge in [-0.25, -0.2) is 0 Å². The molecule has 2 nitrogen and oxygen atoms in total. The van der Waals surface area contributed by atoms with Crippen molar-refractivity contribution in [2.24, 2.45) is 0 Å². The van der Waals surface area contributed by atoms with Crippen LogP contribution in [0, 0.1) is 0 Å². The van der Waals surface area contributed by atoms with Gasteiger partial charge < -0.3 is 10.0 Å². The zero-order valence-electron chi connectivity index (χ0n) is 10.0. The standard InChI is InChI=1S/C14H21NO/c1-12-5-3-9-15(12)14-8-2-6-13(11-14)7-4-10-16/h2,6,8,11-12,16H,3-5,7,9-10H2,1H3. The van der Waals surface area contributed by atoms with Crippen LogP contribution < -0.4 is 4.90 Å². The third-order valence-electron chi connectivity index (χ3n) is 3.42. The predicted octanol–water partition coefficient (Wildman–Crippen LogP) is 2.60. The van der Waals surface area contributed by atoms with E-state index in [0.717, 1.165) is 12.8 Å². The second-order valence-corrected chi connectivity index (χ2v) is 4.68. The van der Waals surface area contributed by atoms with Crippen LogP contribution in [0.3, 0.4) is 0 Å². The second kappa shape index (κ2) is 5.35. The summed E-state index contributed by atoms with van der Waals surface area (Å²) in [4.78, 5) is 2.49. The zero-order valence-corrected chi connectivity index (χ0v) is 10.0. The molecule has 16 heavy (non-hydrogen) atoms. The Morgan fingerprint density at radius 1 is 1.44 bits per heavy atom. The van der Waals surface area contributed by atoms with E-state index in [-0.39, 0.29) is 6.61 Å². The quantitative estimate of drug-likeness (QED) is 0.841. The van der Waals surface area contributed by atoms with Crippen LogP contribution in [-0.4, -0.2) is 24.3 Å². The molecule has 0 amide bonds. The van der Waals surface area contributed by atoms with Crippen molar-refractivity contribution in [1.82, 2.24) is 0 Å². The van der Waals surface area contributed by atoms with Crippen LogP contribution in [0.2, 0.25) is 0 Å². The fourth-order valence-corrected chi connectivity index (χ4v) is 2.49. The summed E-state index contributed by atoms with van der Waals surface area (Å²) in [6.45, 7) is 3.77. The lowest BCUT2D eigenvalue weighted by atomic mass is 10.1. The molecule has 2 rings (SSSR count). The van der Waals surface area contributed by atoms with Gasteiger partial charge in [-0.15, -0.1) is 0 Å². The Balaban J connectivity index is 2.09. The average molecular weight is 219 g/mol. The van der Waals surface area contributed by atoms with E-state index in [1.165, 1.54) is 30.6 Å². The molecule has 1 atom stereocenters. The van der Waals surface area contributed by atoms with E-state index >= 15 is 0 Å². The van der Waals surface area contributed by atoms with E-state index in [2.05, 4.69) is 36.1 Å². The third kappa shape index (κ3) is 2.56. The highest BCUT2D eigenvalue weighted by atomic mass is 16.2. The number of hydrogen-bond donors (Lipinski definition) is 1. The van der Waals surface area contributed by atoms with E-state index in [4.69, 9.17) is 5.11 Å². The Morgan fingerprint density at radius 2 is 2.31 bits per heavy atom. The first kappa shape index (κ1) is 11.5. The molecule has 1 aliphatic heterocycles. The topological polar surface area (TPSA) is 23.5 Å². The van der Waals surface area contributed by atoms with E-state index in [9.17, 15) is 0 Å². The molecule has 2 heteroatoms. The maximum atomic E-state index is 8.84. The Morgan fingerprint density at radius 3 is 3.00 bits per heavy atom. The molecule has 1 N–H and O–H groups in total. The second-order valence-electron chi connectivity index (χ2n) is 4.68. The number of benzene rings is 1. The Hall–Kier alpha value is -1.02. The van der Waals surface area contributed by atoms with Gasteiger partial charge in [0.15, 0.2) is 0 Å². The first-order valence-corrected chi connectivity index (χ1v) is 6.27. The van der Waals surface area contributed by atoms with Gasteiger partial charge in [0, 0.05) is 24.9 Å². The molecule has 1 aromatic rings. The van der Waals surface area contributed by atoms with Crippen molar-refractivity contribution in [2.45, 2.75) is 38.6 Å². The highest BCUT2D eigenvalue weighted by Gasteiger charge is 2.20. The van der Waals surface area contributed by atoms with Gasteiger partial charge in [0.25, 0.3) is 0 Å². The number of aryl methyl sites for hydroxylation is 1. The van der Waals surface area contributed by atoms with Gasteiger partial charge in [0.2, 0.25) is 0 Å². The Bertz CT molecular complexity index is 337. The van der Waals surface area contributed by atoms with Gasteiger partial charge in [-0.2, -0.15) is 0 Å². The molecule has 1 saturated heterocycles. The van der Waals surface area contributed by atoms with Crippen LogP contribution in [0.15, 0.2) is 24.3 Å². The minimum absolute atomic E-state index is 0.282. The van der Waals surface area contributed by atoms with Gasteiger partial charge >= 0.3 is 0 Å². The molecule has 0 aliphatic carbocycles. The van der Waals surface area contributed by atoms with Crippen LogP contribution in [0.5, 0.6) is 0 Å². The van der Waals surface area contributed by atoms with Crippen molar-refractivity contribution in [3.05, 3.63) is 29.8 Å². The molecule has 1 fully saturated rings. The predicted molar refractivity (Wildman–Crippen MR) is 67.9 cm³/mol. The lowest BCUT2D eigenvalue weighted by molar-refractivity contribution is 0.288. The van der Waals surface area contributed by atoms with Gasteiger partial charge in [0.1, 0.15) is 0 Å². The zero-order chi connectivity index (χ0) is 11.4. The van der Waals surface area contributed by atoms with Crippen LogP contribution in [0.1, 0.15) is 31.7 Å². The first-order chi connectivity index (χ1) is 7.81. The van der Waals surface area contributed by atoms with E-state index in [1.807, 2.05) is 0 Å². The minimum Gasteiger partial charge on any atom is -0.396 e. The maximum Gasteiger partial charge on any atom is 0.0434 e. The van der Waals surface area contributed by atoms with Crippen LogP contribution >= 0.6 is 0 Å². The van der Waals surface area contributed by atoms with Crippen LogP contribution in [-0.2, 0) is 6.42 Å². The van der Waals surface area contributed by atoms with Gasteiger partial charge in [-0.05, 0) is 50.3 Å². The Labute approximate surface area is 97.9 Å². The lowest BCUT2D eigenvalue weighted by Gasteiger charge is -2.24. The maximum absolute atomic E-state index is 8.84. The molecule has 1 unspecified atom stereocenters. The fraction of sp³-hybridized carbons (Fsp3) is 0.571. The highest BCUT2D eigenvalue weighted by Crippen LogP contribution is 2.26. The van der Waals surface area contributed by atoms with Gasteiger partial charge in [-0.1, -0.05) is 12.1 Å². The molecule has 0 aromatic heterocycles. The van der Waals surface area contributed by atoms with E-state index in [1.54, 1.807) is 0 Å². The molecule has 0 saturated carbocycles. The lowest BCUT2D eigenvalue weighted by Crippen LogP contribution is -2.26. The third-order valence-corrected chi connectivity index (χ3v) is 3.42. The fourth-order valence-electron chi connectivity index (χ4n) is 2.49. The molecule has 0 bridgehead atoms. The number of rotatable bonds is 4. The molecule has 1 aromatic carbocycles. The van der Waals surface area contributed by atoms with Crippen molar-refractivity contribution in [3.8, 4) is 0 Å². The normalized spacial score (nSPS) is 20.4. The average Bonchev–Trinajstić information content (AvgIpc) is 2.73. The van der Waals surface area contributed by atoms with E-state index < -0.39 is 0 Å². The summed E-state index contributed by atoms with van der Waals surface area (Å²) in [7, 11) is 0. The summed E-state index contributed by atoms with van der Waals surface area (Å²) in [5.41, 5.74) is 2.69. The van der Waals surface area contributed by atoms with Gasteiger partial charge in [0.05, 0.1) is 0 Å². The van der Waals surface area contributed by atoms with Crippen molar-refractivity contribution >= 4 is 5.69 Å². The largest absolute Gasteiger partial charge is 0.396 e. The number of nitrogens with zero attached hydrogens (tertiary/aromatic N) is 1. The van der Waals surface area contributed by atoms with E-state index in [0.29, 0.717) is 6.04 Å². The van der Waals surface area contributed by atoms with Gasteiger partial charge in [-0.3, -0.25) is 0 Å². The van der Waals surface area contributed by atoms with Crippen LogP contribution in [0.4, 0.5) is 5.69 Å². The Kier molecular flexibility index (Phi) is 3.83. The summed E-state index contributed by atoms with van der Waals surface area (Å²) in [5, 5.41) is 8.84. The number of anilines is 1.